The number of nitrogens with one attached hydrogen (secondary N) is 1. The van der Waals surface area contributed by atoms with Crippen molar-refractivity contribution in [1.29, 1.82) is 0 Å². The monoisotopic (exact) mass is 197 g/mol. The van der Waals surface area contributed by atoms with Gasteiger partial charge in [0.2, 0.25) is 0 Å². The summed E-state index contributed by atoms with van der Waals surface area (Å²) in [5.41, 5.74) is 1.23. The van der Waals surface area contributed by atoms with E-state index in [1.165, 1.54) is 5.69 Å². The molecule has 1 heterocycles. The first-order chi connectivity index (χ1) is 6.88. The number of aromatic nitrogens is 2. The highest BCUT2D eigenvalue weighted by Crippen LogP contribution is 1.99. The molecule has 0 unspecified atom stereocenters. The minimum Gasteiger partial charge on any atom is -0.382 e. The van der Waals surface area contributed by atoms with Gasteiger partial charge in [0.05, 0.1) is 5.69 Å². The predicted octanol–water partition coefficient (Wildman–Crippen LogP) is 1.03. The van der Waals surface area contributed by atoms with Gasteiger partial charge in [-0.25, -0.2) is 0 Å². The summed E-state index contributed by atoms with van der Waals surface area (Å²) in [5, 5.41) is 7.37. The molecule has 1 rings (SSSR count). The van der Waals surface area contributed by atoms with Crippen LogP contribution in [0.1, 0.15) is 19.0 Å². The zero-order valence-electron chi connectivity index (χ0n) is 8.99. The van der Waals surface area contributed by atoms with Crippen molar-refractivity contribution < 1.29 is 4.74 Å². The van der Waals surface area contributed by atoms with E-state index in [2.05, 4.69) is 10.4 Å². The molecule has 0 aliphatic heterocycles. The third-order valence-corrected chi connectivity index (χ3v) is 2.03. The van der Waals surface area contributed by atoms with E-state index in [1.807, 2.05) is 30.9 Å². The molecule has 14 heavy (non-hydrogen) atoms. The van der Waals surface area contributed by atoms with Gasteiger partial charge in [-0.3, -0.25) is 4.68 Å². The van der Waals surface area contributed by atoms with Gasteiger partial charge in [-0.15, -0.1) is 0 Å². The third kappa shape index (κ3) is 3.47. The molecule has 4 nitrogen and oxygen atoms in total. The summed E-state index contributed by atoms with van der Waals surface area (Å²) in [7, 11) is 1.94. The fourth-order valence-corrected chi connectivity index (χ4v) is 1.35. The number of rotatable bonds is 7. The largest absolute Gasteiger partial charge is 0.382 e. The summed E-state index contributed by atoms with van der Waals surface area (Å²) >= 11 is 0. The van der Waals surface area contributed by atoms with Crippen molar-refractivity contribution in [2.75, 3.05) is 20.3 Å². The maximum atomic E-state index is 5.27. The molecule has 0 aliphatic carbocycles. The topological polar surface area (TPSA) is 39.1 Å². The van der Waals surface area contributed by atoms with Gasteiger partial charge < -0.3 is 10.1 Å². The van der Waals surface area contributed by atoms with Gasteiger partial charge >= 0.3 is 0 Å². The lowest BCUT2D eigenvalue weighted by Crippen LogP contribution is -2.13. The summed E-state index contributed by atoms with van der Waals surface area (Å²) in [6.45, 7) is 5.43. The van der Waals surface area contributed by atoms with Crippen LogP contribution < -0.4 is 5.32 Å². The Kier molecular flexibility index (Phi) is 5.25. The Morgan fingerprint density at radius 3 is 3.14 bits per heavy atom. The Balaban J connectivity index is 2.30. The van der Waals surface area contributed by atoms with Crippen LogP contribution in [0.15, 0.2) is 12.3 Å². The van der Waals surface area contributed by atoms with E-state index in [0.717, 1.165) is 32.7 Å². The molecule has 0 bridgehead atoms. The summed E-state index contributed by atoms with van der Waals surface area (Å²) in [5.74, 6) is 0. The normalized spacial score (nSPS) is 10.7. The molecular formula is C10H19N3O. The average Bonchev–Trinajstić information content (AvgIpc) is 2.61. The molecule has 1 N–H and O–H groups in total. The highest BCUT2D eigenvalue weighted by molar-refractivity contribution is 4.99. The molecule has 0 radical (unpaired) electrons. The van der Waals surface area contributed by atoms with Crippen molar-refractivity contribution in [1.82, 2.24) is 15.1 Å². The van der Waals surface area contributed by atoms with Gasteiger partial charge in [-0.2, -0.15) is 5.10 Å². The summed E-state index contributed by atoms with van der Waals surface area (Å²) in [4.78, 5) is 0. The zero-order valence-corrected chi connectivity index (χ0v) is 8.99. The van der Waals surface area contributed by atoms with Crippen LogP contribution >= 0.6 is 0 Å². The Hall–Kier alpha value is -0.870. The van der Waals surface area contributed by atoms with Gasteiger partial charge in [0.1, 0.15) is 0 Å². The number of aryl methyl sites for hydroxylation is 1. The minimum absolute atomic E-state index is 0.794. The van der Waals surface area contributed by atoms with Gasteiger partial charge in [-0.05, 0) is 26.5 Å². The lowest BCUT2D eigenvalue weighted by Gasteiger charge is -2.06. The van der Waals surface area contributed by atoms with Crippen molar-refractivity contribution in [2.24, 2.45) is 0 Å². The van der Waals surface area contributed by atoms with Crippen LogP contribution in [0.25, 0.3) is 0 Å². The van der Waals surface area contributed by atoms with Crippen LogP contribution in [0.2, 0.25) is 0 Å². The van der Waals surface area contributed by atoms with E-state index in [4.69, 9.17) is 4.74 Å². The van der Waals surface area contributed by atoms with Crippen molar-refractivity contribution in [3.63, 3.8) is 0 Å². The van der Waals surface area contributed by atoms with Crippen LogP contribution in [0.5, 0.6) is 0 Å². The summed E-state index contributed by atoms with van der Waals surface area (Å²) in [6.07, 6.45) is 2.86. The molecule has 1 aromatic rings. The maximum Gasteiger partial charge on any atom is 0.0521 e. The Morgan fingerprint density at radius 1 is 1.57 bits per heavy atom. The lowest BCUT2D eigenvalue weighted by molar-refractivity contribution is 0.140. The van der Waals surface area contributed by atoms with Gasteiger partial charge in [0.15, 0.2) is 0 Å². The summed E-state index contributed by atoms with van der Waals surface area (Å²) < 4.78 is 7.30. The highest BCUT2D eigenvalue weighted by Gasteiger charge is 1.99. The Bertz CT molecular complexity index is 247. The number of ether oxygens (including phenoxy) is 1. The van der Waals surface area contributed by atoms with Crippen LogP contribution in [-0.4, -0.2) is 30.0 Å². The number of hydrogen-bond acceptors (Lipinski definition) is 3. The fraction of sp³-hybridized carbons (Fsp3) is 0.700. The molecular weight excluding hydrogens is 178 g/mol. The molecule has 0 saturated carbocycles. The van der Waals surface area contributed by atoms with E-state index in [9.17, 15) is 0 Å². The van der Waals surface area contributed by atoms with Gasteiger partial charge in [-0.1, -0.05) is 0 Å². The zero-order chi connectivity index (χ0) is 10.2. The first-order valence-electron chi connectivity index (χ1n) is 5.11. The lowest BCUT2D eigenvalue weighted by atomic mass is 10.4. The molecule has 0 fully saturated rings. The van der Waals surface area contributed by atoms with Gasteiger partial charge in [0, 0.05) is 32.5 Å². The Labute approximate surface area is 85.3 Å². The van der Waals surface area contributed by atoms with Crippen molar-refractivity contribution in [2.45, 2.75) is 26.4 Å². The number of nitrogens with zero attached hydrogens (tertiary/aromatic N) is 2. The van der Waals surface area contributed by atoms with Gasteiger partial charge in [0.25, 0.3) is 0 Å². The Morgan fingerprint density at radius 2 is 2.43 bits per heavy atom. The second-order valence-corrected chi connectivity index (χ2v) is 3.13. The molecule has 0 aromatic carbocycles. The highest BCUT2D eigenvalue weighted by atomic mass is 16.5. The molecule has 1 aromatic heterocycles. The molecule has 0 amide bonds. The number of hydrogen-bond donors (Lipinski definition) is 1. The van der Waals surface area contributed by atoms with E-state index < -0.39 is 0 Å². The van der Waals surface area contributed by atoms with Crippen LogP contribution in [0.4, 0.5) is 0 Å². The molecule has 0 aliphatic rings. The quantitative estimate of drug-likeness (QED) is 0.664. The molecule has 80 valence electrons. The SMILES string of the molecule is CCOCCCn1nccc1CNC. The standard InChI is InChI=1S/C10H19N3O/c1-3-14-8-4-7-13-10(9-11-2)5-6-12-13/h5-6,11H,3-4,7-9H2,1-2H3. The first kappa shape index (κ1) is 11.2. The molecule has 4 heteroatoms. The minimum atomic E-state index is 0.794. The van der Waals surface area contributed by atoms with E-state index in [-0.39, 0.29) is 0 Å². The average molecular weight is 197 g/mol. The van der Waals surface area contributed by atoms with Crippen LogP contribution in [0, 0.1) is 0 Å². The van der Waals surface area contributed by atoms with E-state index >= 15 is 0 Å². The molecule has 0 atom stereocenters. The van der Waals surface area contributed by atoms with E-state index in [0.29, 0.717) is 0 Å². The molecule has 0 spiro atoms. The van der Waals surface area contributed by atoms with Crippen LogP contribution in [0.3, 0.4) is 0 Å². The van der Waals surface area contributed by atoms with Crippen molar-refractivity contribution in [3.05, 3.63) is 18.0 Å². The van der Waals surface area contributed by atoms with Crippen LogP contribution in [-0.2, 0) is 17.8 Å². The second kappa shape index (κ2) is 6.56. The van der Waals surface area contributed by atoms with E-state index in [1.54, 1.807) is 0 Å². The summed E-state index contributed by atoms with van der Waals surface area (Å²) in [6, 6.07) is 2.04. The predicted molar refractivity (Wildman–Crippen MR) is 56.1 cm³/mol. The smallest absolute Gasteiger partial charge is 0.0521 e. The maximum absolute atomic E-state index is 5.27. The first-order valence-corrected chi connectivity index (χ1v) is 5.11. The molecule has 0 saturated heterocycles. The van der Waals surface area contributed by atoms with Crippen molar-refractivity contribution >= 4 is 0 Å². The second-order valence-electron chi connectivity index (χ2n) is 3.13. The third-order valence-electron chi connectivity index (χ3n) is 2.03. The van der Waals surface area contributed by atoms with Crippen molar-refractivity contribution in [3.8, 4) is 0 Å². The fourth-order valence-electron chi connectivity index (χ4n) is 1.35.